The van der Waals surface area contributed by atoms with E-state index in [0.29, 0.717) is 38.2 Å². The number of carbonyl (C=O) groups is 4. The van der Waals surface area contributed by atoms with E-state index in [1.807, 2.05) is 46.8 Å². The molecule has 4 unspecified atom stereocenters. The maximum atomic E-state index is 13.8. The Bertz CT molecular complexity index is 1080. The SMILES string of the molecule is CC(C)CC(NC(=O)c1ccc(N2CCOCC2)cc1)C(=O)N1CCC2C1C(=O)CN2C(=O)C(N)C(C)(C)C. The van der Waals surface area contributed by atoms with Gasteiger partial charge in [-0.2, -0.15) is 0 Å². The predicted molar refractivity (Wildman–Crippen MR) is 148 cm³/mol. The molecule has 0 aliphatic carbocycles. The molecule has 3 aliphatic heterocycles. The van der Waals surface area contributed by atoms with Crippen LogP contribution in [0, 0.1) is 11.3 Å². The van der Waals surface area contributed by atoms with Gasteiger partial charge in [-0.05, 0) is 48.4 Å². The molecule has 0 spiro atoms. The van der Waals surface area contributed by atoms with Gasteiger partial charge in [0.1, 0.15) is 12.1 Å². The summed E-state index contributed by atoms with van der Waals surface area (Å²) in [5.41, 5.74) is 7.27. The van der Waals surface area contributed by atoms with Crippen LogP contribution in [0.15, 0.2) is 24.3 Å². The maximum absolute atomic E-state index is 13.8. The number of hydrogen-bond acceptors (Lipinski definition) is 7. The molecule has 3 N–H and O–H groups in total. The molecule has 1 aromatic rings. The van der Waals surface area contributed by atoms with Crippen molar-refractivity contribution in [1.29, 1.82) is 0 Å². The molecule has 3 amide bonds. The first kappa shape index (κ1) is 29.0. The number of amides is 3. The minimum Gasteiger partial charge on any atom is -0.378 e. The Morgan fingerprint density at radius 3 is 2.26 bits per heavy atom. The lowest BCUT2D eigenvalue weighted by molar-refractivity contribution is -0.138. The molecule has 10 heteroatoms. The molecule has 0 aromatic heterocycles. The molecule has 0 bridgehead atoms. The minimum absolute atomic E-state index is 0.0432. The lowest BCUT2D eigenvalue weighted by atomic mass is 9.86. The fourth-order valence-corrected chi connectivity index (χ4v) is 5.69. The van der Waals surface area contributed by atoms with Crippen molar-refractivity contribution in [2.75, 3.05) is 44.3 Å². The van der Waals surface area contributed by atoms with E-state index in [2.05, 4.69) is 10.2 Å². The number of fused-ring (bicyclic) bond motifs is 1. The van der Waals surface area contributed by atoms with Crippen molar-refractivity contribution in [2.24, 2.45) is 17.1 Å². The van der Waals surface area contributed by atoms with E-state index < -0.39 is 23.5 Å². The summed E-state index contributed by atoms with van der Waals surface area (Å²) in [4.78, 5) is 58.5. The van der Waals surface area contributed by atoms with Crippen molar-refractivity contribution in [2.45, 2.75) is 71.6 Å². The lowest BCUT2D eigenvalue weighted by Crippen LogP contribution is -2.54. The molecular formula is C29H43N5O5. The number of nitrogens with one attached hydrogen (secondary N) is 1. The second-order valence-electron chi connectivity index (χ2n) is 12.4. The van der Waals surface area contributed by atoms with Crippen molar-refractivity contribution in [1.82, 2.24) is 15.1 Å². The Balaban J connectivity index is 1.46. The van der Waals surface area contributed by atoms with Gasteiger partial charge < -0.3 is 30.5 Å². The third-order valence-corrected chi connectivity index (χ3v) is 8.00. The van der Waals surface area contributed by atoms with Gasteiger partial charge >= 0.3 is 0 Å². The predicted octanol–water partition coefficient (Wildman–Crippen LogP) is 1.42. The van der Waals surface area contributed by atoms with Gasteiger partial charge in [-0.15, -0.1) is 0 Å². The van der Waals surface area contributed by atoms with Crippen molar-refractivity contribution >= 4 is 29.2 Å². The van der Waals surface area contributed by atoms with Crippen LogP contribution in [0.1, 0.15) is 57.8 Å². The molecular weight excluding hydrogens is 498 g/mol. The summed E-state index contributed by atoms with van der Waals surface area (Å²) >= 11 is 0. The summed E-state index contributed by atoms with van der Waals surface area (Å²) in [6, 6.07) is 4.77. The summed E-state index contributed by atoms with van der Waals surface area (Å²) in [6.07, 6.45) is 0.951. The summed E-state index contributed by atoms with van der Waals surface area (Å²) in [5, 5.41) is 2.93. The largest absolute Gasteiger partial charge is 0.378 e. The lowest BCUT2D eigenvalue weighted by Gasteiger charge is -2.32. The first-order chi connectivity index (χ1) is 18.4. The minimum atomic E-state index is -0.774. The fourth-order valence-electron chi connectivity index (χ4n) is 5.69. The van der Waals surface area contributed by atoms with Gasteiger partial charge in [-0.25, -0.2) is 0 Å². The van der Waals surface area contributed by atoms with Crippen LogP contribution in [0.25, 0.3) is 0 Å². The Morgan fingerprint density at radius 2 is 1.67 bits per heavy atom. The number of nitrogens with two attached hydrogens (primary N) is 1. The number of benzene rings is 1. The summed E-state index contributed by atoms with van der Waals surface area (Å²) in [6.45, 7) is 12.9. The molecule has 3 aliphatic rings. The summed E-state index contributed by atoms with van der Waals surface area (Å²) in [7, 11) is 0. The molecule has 3 heterocycles. The first-order valence-electron chi connectivity index (χ1n) is 14.0. The first-order valence-corrected chi connectivity index (χ1v) is 14.0. The maximum Gasteiger partial charge on any atom is 0.251 e. The van der Waals surface area contributed by atoms with Crippen LogP contribution in [-0.4, -0.2) is 96.9 Å². The second kappa shape index (κ2) is 11.6. The van der Waals surface area contributed by atoms with Crippen LogP contribution in [-0.2, 0) is 19.1 Å². The highest BCUT2D eigenvalue weighted by molar-refractivity contribution is 6.01. The summed E-state index contributed by atoms with van der Waals surface area (Å²) < 4.78 is 5.41. The Hall–Kier alpha value is -2.98. The molecule has 214 valence electrons. The van der Waals surface area contributed by atoms with Crippen LogP contribution in [0.3, 0.4) is 0 Å². The molecule has 3 fully saturated rings. The van der Waals surface area contributed by atoms with E-state index in [9.17, 15) is 19.2 Å². The molecule has 10 nitrogen and oxygen atoms in total. The Kier molecular flexibility index (Phi) is 8.66. The molecule has 0 saturated carbocycles. The van der Waals surface area contributed by atoms with E-state index in [-0.39, 0.29) is 42.0 Å². The molecule has 4 atom stereocenters. The zero-order chi connectivity index (χ0) is 28.5. The average molecular weight is 542 g/mol. The van der Waals surface area contributed by atoms with Crippen molar-refractivity contribution < 1.29 is 23.9 Å². The number of likely N-dealkylation sites (tertiary alicyclic amines) is 2. The van der Waals surface area contributed by atoms with E-state index in [1.54, 1.807) is 21.9 Å². The third kappa shape index (κ3) is 6.27. The number of carbonyl (C=O) groups excluding carboxylic acids is 4. The van der Waals surface area contributed by atoms with E-state index in [4.69, 9.17) is 10.5 Å². The van der Waals surface area contributed by atoms with Gasteiger partial charge in [0, 0.05) is 30.9 Å². The van der Waals surface area contributed by atoms with Gasteiger partial charge in [0.2, 0.25) is 11.8 Å². The monoisotopic (exact) mass is 541 g/mol. The van der Waals surface area contributed by atoms with Crippen LogP contribution >= 0.6 is 0 Å². The second-order valence-corrected chi connectivity index (χ2v) is 12.4. The number of ketones is 1. The molecule has 39 heavy (non-hydrogen) atoms. The van der Waals surface area contributed by atoms with Crippen LogP contribution < -0.4 is 16.0 Å². The number of nitrogens with zero attached hydrogens (tertiary/aromatic N) is 3. The number of Topliss-reactive ketones (excluding diaryl/α,β-unsaturated/α-hetero) is 1. The number of ether oxygens (including phenoxy) is 1. The molecule has 0 radical (unpaired) electrons. The van der Waals surface area contributed by atoms with Crippen molar-refractivity contribution in [3.05, 3.63) is 29.8 Å². The molecule has 1 aromatic carbocycles. The number of rotatable bonds is 7. The van der Waals surface area contributed by atoms with Crippen LogP contribution in [0.4, 0.5) is 5.69 Å². The highest BCUT2D eigenvalue weighted by atomic mass is 16.5. The number of anilines is 1. The quantitative estimate of drug-likeness (QED) is 0.535. The number of morpholine rings is 1. The Labute approximate surface area is 231 Å². The van der Waals surface area contributed by atoms with E-state index >= 15 is 0 Å². The van der Waals surface area contributed by atoms with Gasteiger partial charge in [-0.1, -0.05) is 34.6 Å². The normalized spacial score (nSPS) is 23.2. The molecule has 4 rings (SSSR count). The van der Waals surface area contributed by atoms with Crippen LogP contribution in [0.5, 0.6) is 0 Å². The van der Waals surface area contributed by atoms with Gasteiger partial charge in [0.15, 0.2) is 5.78 Å². The highest BCUT2D eigenvalue weighted by Crippen LogP contribution is 2.32. The van der Waals surface area contributed by atoms with Gasteiger partial charge in [0.25, 0.3) is 5.91 Å². The van der Waals surface area contributed by atoms with Gasteiger partial charge in [0.05, 0.1) is 31.8 Å². The van der Waals surface area contributed by atoms with Gasteiger partial charge in [-0.3, -0.25) is 19.2 Å². The summed E-state index contributed by atoms with van der Waals surface area (Å²) in [5.74, 6) is -0.886. The fraction of sp³-hybridized carbons (Fsp3) is 0.655. The van der Waals surface area contributed by atoms with E-state index in [0.717, 1.165) is 18.8 Å². The Morgan fingerprint density at radius 1 is 1.03 bits per heavy atom. The zero-order valence-corrected chi connectivity index (χ0v) is 23.8. The zero-order valence-electron chi connectivity index (χ0n) is 23.8. The standard InChI is InChI=1S/C29H43N5O5/c1-18(2)16-21(31-26(36)19-6-8-20(9-7-19)32-12-14-39-15-13-32)27(37)33-11-10-22-24(33)23(35)17-34(22)28(38)25(30)29(3,4)5/h6-9,18,21-22,24-25H,10-17,30H2,1-5H3,(H,31,36). The highest BCUT2D eigenvalue weighted by Gasteiger charge is 2.53. The van der Waals surface area contributed by atoms with E-state index in [1.165, 1.54) is 0 Å². The third-order valence-electron chi connectivity index (χ3n) is 8.00. The van der Waals surface area contributed by atoms with Crippen molar-refractivity contribution in [3.8, 4) is 0 Å². The van der Waals surface area contributed by atoms with Crippen molar-refractivity contribution in [3.63, 3.8) is 0 Å². The molecule has 3 saturated heterocycles. The topological polar surface area (TPSA) is 125 Å². The smallest absolute Gasteiger partial charge is 0.251 e. The number of hydrogen-bond donors (Lipinski definition) is 2. The van der Waals surface area contributed by atoms with Crippen LogP contribution in [0.2, 0.25) is 0 Å². The average Bonchev–Trinajstić information content (AvgIpc) is 3.48.